The Labute approximate surface area is 110 Å². The van der Waals surface area contributed by atoms with E-state index in [0.717, 1.165) is 12.8 Å². The molecule has 1 rings (SSSR count). The lowest BCUT2D eigenvalue weighted by atomic mass is 10.0. The van der Waals surface area contributed by atoms with E-state index in [2.05, 4.69) is 17.2 Å². The van der Waals surface area contributed by atoms with Gasteiger partial charge in [0.1, 0.15) is 5.82 Å². The molecule has 4 heteroatoms. The van der Waals surface area contributed by atoms with Gasteiger partial charge in [-0.1, -0.05) is 32.6 Å². The van der Waals surface area contributed by atoms with Crippen LogP contribution in [-0.4, -0.2) is 22.2 Å². The molecule has 0 saturated heterocycles. The molecule has 0 aliphatic rings. The average Bonchev–Trinajstić information content (AvgIpc) is 2.35. The first kappa shape index (κ1) is 14.8. The van der Waals surface area contributed by atoms with Crippen LogP contribution in [0.25, 0.3) is 0 Å². The second-order valence-corrected chi connectivity index (χ2v) is 4.78. The predicted octanol–water partition coefficient (Wildman–Crippen LogP) is 2.80. The van der Waals surface area contributed by atoms with Crippen LogP contribution in [0.4, 0.5) is 11.5 Å². The molecule has 0 spiro atoms. The van der Waals surface area contributed by atoms with Crippen molar-refractivity contribution in [2.24, 2.45) is 0 Å². The Kier molecular flexibility index (Phi) is 6.50. The van der Waals surface area contributed by atoms with E-state index in [-0.39, 0.29) is 6.04 Å². The minimum atomic E-state index is -0.409. The van der Waals surface area contributed by atoms with E-state index in [1.807, 2.05) is 6.07 Å². The summed E-state index contributed by atoms with van der Waals surface area (Å²) in [5.74, 6) is 0.666. The maximum absolute atomic E-state index is 9.79. The highest BCUT2D eigenvalue weighted by Crippen LogP contribution is 2.18. The monoisotopic (exact) mass is 251 g/mol. The fourth-order valence-electron chi connectivity index (χ4n) is 1.94. The molecule has 0 bridgehead atoms. The summed E-state index contributed by atoms with van der Waals surface area (Å²) in [5, 5.41) is 13.0. The molecule has 1 aromatic heterocycles. The van der Waals surface area contributed by atoms with Crippen molar-refractivity contribution in [3.8, 4) is 0 Å². The molecule has 0 aromatic carbocycles. The van der Waals surface area contributed by atoms with Crippen LogP contribution in [0.15, 0.2) is 18.3 Å². The van der Waals surface area contributed by atoms with Crippen molar-refractivity contribution in [3.63, 3.8) is 0 Å². The number of hydrogen-bond donors (Lipinski definition) is 3. The summed E-state index contributed by atoms with van der Waals surface area (Å²) < 4.78 is 0. The van der Waals surface area contributed by atoms with Crippen molar-refractivity contribution in [2.45, 2.75) is 58.1 Å². The van der Waals surface area contributed by atoms with E-state index in [9.17, 15) is 5.11 Å². The van der Waals surface area contributed by atoms with E-state index < -0.39 is 6.10 Å². The molecule has 0 unspecified atom stereocenters. The number of aliphatic hydroxyl groups excluding tert-OH is 1. The van der Waals surface area contributed by atoms with Gasteiger partial charge in [0.2, 0.25) is 0 Å². The van der Waals surface area contributed by atoms with E-state index in [1.165, 1.54) is 19.3 Å². The van der Waals surface area contributed by atoms with Crippen LogP contribution < -0.4 is 11.1 Å². The minimum Gasteiger partial charge on any atom is -0.396 e. The first-order chi connectivity index (χ1) is 8.65. The van der Waals surface area contributed by atoms with Crippen molar-refractivity contribution < 1.29 is 5.11 Å². The Balaban J connectivity index is 2.50. The topological polar surface area (TPSA) is 71.2 Å². The van der Waals surface area contributed by atoms with Crippen LogP contribution >= 0.6 is 0 Å². The maximum atomic E-state index is 9.79. The van der Waals surface area contributed by atoms with Crippen molar-refractivity contribution in [1.82, 2.24) is 4.98 Å². The summed E-state index contributed by atoms with van der Waals surface area (Å²) in [6.07, 6.45) is 7.02. The van der Waals surface area contributed by atoms with Gasteiger partial charge in [0, 0.05) is 6.20 Å². The molecular formula is C14H25N3O. The molecule has 0 aliphatic heterocycles. The van der Waals surface area contributed by atoms with E-state index in [4.69, 9.17) is 5.73 Å². The van der Waals surface area contributed by atoms with Crippen molar-refractivity contribution in [3.05, 3.63) is 18.3 Å². The second kappa shape index (κ2) is 7.93. The third-order valence-electron chi connectivity index (χ3n) is 3.11. The van der Waals surface area contributed by atoms with Crippen molar-refractivity contribution in [1.29, 1.82) is 0 Å². The molecule has 0 fully saturated rings. The Hall–Kier alpha value is -1.29. The predicted molar refractivity (Wildman–Crippen MR) is 76.5 cm³/mol. The third-order valence-corrected chi connectivity index (χ3v) is 3.11. The highest BCUT2D eigenvalue weighted by molar-refractivity contribution is 5.60. The quantitative estimate of drug-likeness (QED) is 0.621. The van der Waals surface area contributed by atoms with Crippen LogP contribution in [0.1, 0.15) is 46.0 Å². The van der Waals surface area contributed by atoms with Gasteiger partial charge in [0.25, 0.3) is 0 Å². The van der Waals surface area contributed by atoms with Crippen LogP contribution in [-0.2, 0) is 0 Å². The highest BCUT2D eigenvalue weighted by atomic mass is 16.3. The zero-order valence-corrected chi connectivity index (χ0v) is 11.4. The highest BCUT2D eigenvalue weighted by Gasteiger charge is 2.15. The summed E-state index contributed by atoms with van der Waals surface area (Å²) in [7, 11) is 0. The van der Waals surface area contributed by atoms with Gasteiger partial charge in [0.15, 0.2) is 0 Å². The normalized spacial score (nSPS) is 14.2. The summed E-state index contributed by atoms with van der Waals surface area (Å²) in [4.78, 5) is 4.20. The fraction of sp³-hybridized carbons (Fsp3) is 0.643. The lowest BCUT2D eigenvalue weighted by Gasteiger charge is -2.22. The standard InChI is InChI=1S/C14H25N3O/c1-3-4-5-6-9-13(11(2)18)17-14-12(15)8-7-10-16-14/h7-8,10-11,13,18H,3-6,9,15H2,1-2H3,(H,16,17)/t11-,13+/m1/s1. The summed E-state index contributed by atoms with van der Waals surface area (Å²) in [6.45, 7) is 4.00. The van der Waals surface area contributed by atoms with Crippen LogP contribution in [0.2, 0.25) is 0 Å². The lowest BCUT2D eigenvalue weighted by molar-refractivity contribution is 0.165. The lowest BCUT2D eigenvalue weighted by Crippen LogP contribution is -2.32. The van der Waals surface area contributed by atoms with Crippen LogP contribution in [0.3, 0.4) is 0 Å². The number of unbranched alkanes of at least 4 members (excludes halogenated alkanes) is 3. The molecule has 4 N–H and O–H groups in total. The number of pyridine rings is 1. The van der Waals surface area contributed by atoms with Crippen molar-refractivity contribution >= 4 is 11.5 Å². The summed E-state index contributed by atoms with van der Waals surface area (Å²) in [5.41, 5.74) is 6.46. The molecule has 1 aromatic rings. The smallest absolute Gasteiger partial charge is 0.149 e. The Bertz CT molecular complexity index is 342. The summed E-state index contributed by atoms with van der Waals surface area (Å²) in [6, 6.07) is 3.63. The van der Waals surface area contributed by atoms with Gasteiger partial charge < -0.3 is 16.2 Å². The number of hydrogen-bond acceptors (Lipinski definition) is 4. The van der Waals surface area contributed by atoms with Gasteiger partial charge >= 0.3 is 0 Å². The molecule has 0 amide bonds. The largest absolute Gasteiger partial charge is 0.396 e. The first-order valence-electron chi connectivity index (χ1n) is 6.80. The number of nitrogen functional groups attached to an aromatic ring is 1. The third kappa shape index (κ3) is 4.92. The number of anilines is 2. The van der Waals surface area contributed by atoms with Gasteiger partial charge in [-0.05, 0) is 25.5 Å². The summed E-state index contributed by atoms with van der Waals surface area (Å²) >= 11 is 0. The SMILES string of the molecule is CCCCCC[C@H](Nc1ncccc1N)[C@@H](C)O. The van der Waals surface area contributed by atoms with Gasteiger partial charge in [-0.3, -0.25) is 0 Å². The van der Waals surface area contributed by atoms with Crippen LogP contribution in [0, 0.1) is 0 Å². The Morgan fingerprint density at radius 3 is 2.78 bits per heavy atom. The minimum absolute atomic E-state index is 0.0130. The Morgan fingerprint density at radius 1 is 1.39 bits per heavy atom. The first-order valence-corrected chi connectivity index (χ1v) is 6.80. The van der Waals surface area contributed by atoms with Gasteiger partial charge in [0.05, 0.1) is 17.8 Å². The van der Waals surface area contributed by atoms with Gasteiger partial charge in [-0.25, -0.2) is 4.98 Å². The van der Waals surface area contributed by atoms with Crippen molar-refractivity contribution in [2.75, 3.05) is 11.1 Å². The zero-order chi connectivity index (χ0) is 13.4. The van der Waals surface area contributed by atoms with E-state index in [0.29, 0.717) is 11.5 Å². The molecule has 0 aliphatic carbocycles. The Morgan fingerprint density at radius 2 is 2.17 bits per heavy atom. The number of nitrogens with zero attached hydrogens (tertiary/aromatic N) is 1. The number of aliphatic hydroxyl groups is 1. The molecule has 0 radical (unpaired) electrons. The number of nitrogens with one attached hydrogen (secondary N) is 1. The maximum Gasteiger partial charge on any atom is 0.149 e. The second-order valence-electron chi connectivity index (χ2n) is 4.78. The van der Waals surface area contributed by atoms with Gasteiger partial charge in [-0.2, -0.15) is 0 Å². The molecule has 0 saturated carbocycles. The molecule has 1 heterocycles. The fourth-order valence-corrected chi connectivity index (χ4v) is 1.94. The van der Waals surface area contributed by atoms with E-state index in [1.54, 1.807) is 19.2 Å². The number of aromatic nitrogens is 1. The van der Waals surface area contributed by atoms with Crippen LogP contribution in [0.5, 0.6) is 0 Å². The molecule has 2 atom stereocenters. The van der Waals surface area contributed by atoms with E-state index >= 15 is 0 Å². The van der Waals surface area contributed by atoms with Gasteiger partial charge in [-0.15, -0.1) is 0 Å². The zero-order valence-electron chi connectivity index (χ0n) is 11.4. The number of rotatable bonds is 8. The molecular weight excluding hydrogens is 226 g/mol. The molecule has 18 heavy (non-hydrogen) atoms. The molecule has 102 valence electrons. The average molecular weight is 251 g/mol. The molecule has 4 nitrogen and oxygen atoms in total. The number of nitrogens with two attached hydrogens (primary N) is 1.